The van der Waals surface area contributed by atoms with Crippen molar-refractivity contribution >= 4 is 39.1 Å². The van der Waals surface area contributed by atoms with Gasteiger partial charge in [0.15, 0.2) is 0 Å². The fourth-order valence-corrected chi connectivity index (χ4v) is 2.97. The Morgan fingerprint density at radius 2 is 2.18 bits per heavy atom. The number of hydrogen-bond donors (Lipinski definition) is 1. The van der Waals surface area contributed by atoms with Crippen LogP contribution in [0.4, 0.5) is 0 Å². The molecule has 1 aromatic rings. The Morgan fingerprint density at radius 3 is 2.65 bits per heavy atom. The van der Waals surface area contributed by atoms with E-state index < -0.39 is 5.97 Å². The van der Waals surface area contributed by atoms with Gasteiger partial charge in [-0.2, -0.15) is 0 Å². The van der Waals surface area contributed by atoms with Gasteiger partial charge in [0.25, 0.3) is 5.91 Å². The maximum absolute atomic E-state index is 12.2. The van der Waals surface area contributed by atoms with Crippen LogP contribution in [0.15, 0.2) is 15.9 Å². The molecule has 0 atom stereocenters. The summed E-state index contributed by atoms with van der Waals surface area (Å²) in [7, 11) is 0. The van der Waals surface area contributed by atoms with Crippen molar-refractivity contribution in [3.05, 3.63) is 20.8 Å². The number of halogens is 1. The molecule has 1 aliphatic rings. The van der Waals surface area contributed by atoms with Crippen LogP contribution in [0.3, 0.4) is 0 Å². The van der Waals surface area contributed by atoms with Crippen LogP contribution in [-0.2, 0) is 4.79 Å². The van der Waals surface area contributed by atoms with Gasteiger partial charge >= 0.3 is 5.97 Å². The molecule has 1 N–H and O–H groups in total. The molecule has 0 aliphatic heterocycles. The molecule has 0 saturated heterocycles. The van der Waals surface area contributed by atoms with Gasteiger partial charge in [0.2, 0.25) is 0 Å². The summed E-state index contributed by atoms with van der Waals surface area (Å²) in [5.74, 6) is -0.916. The van der Waals surface area contributed by atoms with Crippen molar-refractivity contribution in [3.63, 3.8) is 0 Å². The lowest BCUT2D eigenvalue weighted by molar-refractivity contribution is -0.137. The highest BCUT2D eigenvalue weighted by atomic mass is 79.9. The summed E-state index contributed by atoms with van der Waals surface area (Å²) in [5.41, 5.74) is 0. The molecule has 1 fully saturated rings. The predicted octanol–water partition coefficient (Wildman–Crippen LogP) is 2.59. The molecule has 92 valence electrons. The van der Waals surface area contributed by atoms with E-state index in [-0.39, 0.29) is 18.4 Å². The maximum Gasteiger partial charge on any atom is 0.305 e. The minimum Gasteiger partial charge on any atom is -0.481 e. The van der Waals surface area contributed by atoms with Gasteiger partial charge in [0.1, 0.15) is 0 Å². The molecule has 0 radical (unpaired) electrons. The van der Waals surface area contributed by atoms with E-state index in [9.17, 15) is 9.59 Å². The zero-order valence-electron chi connectivity index (χ0n) is 9.06. The summed E-state index contributed by atoms with van der Waals surface area (Å²) < 4.78 is 0.912. The largest absolute Gasteiger partial charge is 0.481 e. The highest BCUT2D eigenvalue weighted by Gasteiger charge is 2.33. The highest BCUT2D eigenvalue weighted by molar-refractivity contribution is 9.11. The van der Waals surface area contributed by atoms with Crippen LogP contribution in [-0.4, -0.2) is 34.5 Å². The van der Waals surface area contributed by atoms with Gasteiger partial charge in [-0.15, -0.1) is 11.3 Å². The van der Waals surface area contributed by atoms with Gasteiger partial charge in [0, 0.05) is 12.6 Å². The Balaban J connectivity index is 2.05. The van der Waals surface area contributed by atoms with E-state index in [0.29, 0.717) is 11.4 Å². The monoisotopic (exact) mass is 317 g/mol. The molecule has 0 spiro atoms. The van der Waals surface area contributed by atoms with Crippen molar-refractivity contribution in [1.29, 1.82) is 0 Å². The Bertz CT molecular complexity index is 442. The molecule has 1 heterocycles. The lowest BCUT2D eigenvalue weighted by Crippen LogP contribution is -2.34. The number of carboxylic acid groups (broad SMARTS) is 1. The van der Waals surface area contributed by atoms with Crippen molar-refractivity contribution in [3.8, 4) is 0 Å². The van der Waals surface area contributed by atoms with Gasteiger partial charge in [-0.1, -0.05) is 0 Å². The van der Waals surface area contributed by atoms with Crippen molar-refractivity contribution < 1.29 is 14.7 Å². The van der Waals surface area contributed by atoms with Crippen molar-refractivity contribution in [2.75, 3.05) is 6.54 Å². The first kappa shape index (κ1) is 12.6. The average Bonchev–Trinajstić information content (AvgIpc) is 3.00. The Kier molecular flexibility index (Phi) is 3.83. The number of aliphatic carboxylic acids is 1. The first-order valence-electron chi connectivity index (χ1n) is 5.36. The van der Waals surface area contributed by atoms with Crippen molar-refractivity contribution in [1.82, 2.24) is 4.90 Å². The molecule has 1 amide bonds. The summed E-state index contributed by atoms with van der Waals surface area (Å²) in [6.07, 6.45) is 1.98. The van der Waals surface area contributed by atoms with E-state index >= 15 is 0 Å². The smallest absolute Gasteiger partial charge is 0.305 e. The minimum absolute atomic E-state index is 0.00872. The molecule has 1 aliphatic carbocycles. The first-order chi connectivity index (χ1) is 8.08. The number of rotatable bonds is 5. The lowest BCUT2D eigenvalue weighted by atomic mass is 10.3. The Morgan fingerprint density at radius 1 is 1.47 bits per heavy atom. The van der Waals surface area contributed by atoms with Gasteiger partial charge in [-0.25, -0.2) is 0 Å². The summed E-state index contributed by atoms with van der Waals surface area (Å²) in [5, 5.41) is 8.68. The van der Waals surface area contributed by atoms with E-state index in [0.717, 1.165) is 16.6 Å². The molecule has 0 unspecified atom stereocenters. The maximum atomic E-state index is 12.2. The Hall–Kier alpha value is -0.880. The number of carbonyl (C=O) groups is 2. The summed E-state index contributed by atoms with van der Waals surface area (Å²) in [6, 6.07) is 3.84. The zero-order chi connectivity index (χ0) is 12.4. The molecule has 0 aromatic carbocycles. The van der Waals surface area contributed by atoms with Crippen LogP contribution in [0, 0.1) is 0 Å². The van der Waals surface area contributed by atoms with E-state index in [1.165, 1.54) is 11.3 Å². The normalized spacial score (nSPS) is 14.6. The van der Waals surface area contributed by atoms with Crippen molar-refractivity contribution in [2.24, 2.45) is 0 Å². The topological polar surface area (TPSA) is 57.6 Å². The number of thiophene rings is 1. The number of nitrogens with zero attached hydrogens (tertiary/aromatic N) is 1. The lowest BCUT2D eigenvalue weighted by Gasteiger charge is -2.20. The minimum atomic E-state index is -0.865. The molecule has 1 aromatic heterocycles. The molecule has 2 rings (SSSR count). The van der Waals surface area contributed by atoms with Crippen molar-refractivity contribution in [2.45, 2.75) is 25.3 Å². The van der Waals surface area contributed by atoms with E-state index in [1.54, 1.807) is 11.0 Å². The zero-order valence-corrected chi connectivity index (χ0v) is 11.5. The molecule has 0 bridgehead atoms. The fourth-order valence-electron chi connectivity index (χ4n) is 1.62. The second-order valence-corrected chi connectivity index (χ2v) is 6.44. The third-order valence-corrected chi connectivity index (χ3v) is 4.21. The first-order valence-corrected chi connectivity index (χ1v) is 6.97. The number of amides is 1. The third kappa shape index (κ3) is 3.29. The van der Waals surface area contributed by atoms with Crippen LogP contribution < -0.4 is 0 Å². The fraction of sp³-hybridized carbons (Fsp3) is 0.455. The number of carboxylic acids is 1. The SMILES string of the molecule is O=C(O)CCN(C(=O)c1ccc(Br)s1)C1CC1. The molecular weight excluding hydrogens is 306 g/mol. The number of hydrogen-bond acceptors (Lipinski definition) is 3. The van der Waals surface area contributed by atoms with Crippen LogP contribution in [0.25, 0.3) is 0 Å². The average molecular weight is 318 g/mol. The standard InChI is InChI=1S/C11H12BrNO3S/c12-9-4-3-8(17-9)11(16)13(7-1-2-7)6-5-10(14)15/h3-4,7H,1-2,5-6H2,(H,14,15). The van der Waals surface area contributed by atoms with Gasteiger partial charge in [-0.05, 0) is 40.9 Å². The second kappa shape index (κ2) is 5.18. The van der Waals surface area contributed by atoms with Gasteiger partial charge in [0.05, 0.1) is 15.1 Å². The van der Waals surface area contributed by atoms with E-state index in [2.05, 4.69) is 15.9 Å². The third-order valence-electron chi connectivity index (χ3n) is 2.60. The highest BCUT2D eigenvalue weighted by Crippen LogP contribution is 2.30. The molecule has 17 heavy (non-hydrogen) atoms. The molecule has 1 saturated carbocycles. The predicted molar refractivity (Wildman–Crippen MR) is 68.3 cm³/mol. The Labute approximate surface area is 111 Å². The summed E-state index contributed by atoms with van der Waals surface area (Å²) >= 11 is 4.70. The molecule has 4 nitrogen and oxygen atoms in total. The van der Waals surface area contributed by atoms with Crippen LogP contribution in [0.5, 0.6) is 0 Å². The van der Waals surface area contributed by atoms with Crippen LogP contribution in [0.1, 0.15) is 28.9 Å². The molecular formula is C11H12BrNO3S. The van der Waals surface area contributed by atoms with Gasteiger partial charge in [-0.3, -0.25) is 9.59 Å². The quantitative estimate of drug-likeness (QED) is 0.908. The summed E-state index contributed by atoms with van der Waals surface area (Å²) in [6.45, 7) is 0.300. The van der Waals surface area contributed by atoms with Crippen LogP contribution >= 0.6 is 27.3 Å². The molecule has 6 heteroatoms. The van der Waals surface area contributed by atoms with Gasteiger partial charge < -0.3 is 10.0 Å². The van der Waals surface area contributed by atoms with E-state index in [4.69, 9.17) is 5.11 Å². The number of carbonyl (C=O) groups excluding carboxylic acids is 1. The summed E-state index contributed by atoms with van der Waals surface area (Å²) in [4.78, 5) is 25.1. The van der Waals surface area contributed by atoms with Crippen LogP contribution in [0.2, 0.25) is 0 Å². The second-order valence-electron chi connectivity index (χ2n) is 3.98. The van der Waals surface area contributed by atoms with E-state index in [1.807, 2.05) is 6.07 Å².